The van der Waals surface area contributed by atoms with E-state index in [9.17, 15) is 0 Å². The number of hydrazine groups is 1. The SMILES string of the molecule is CCCc1cc(NN)nc(NCCOC)n1. The fraction of sp³-hybridized carbons (Fsp3) is 0.600. The Labute approximate surface area is 95.6 Å². The Balaban J connectivity index is 2.69. The van der Waals surface area contributed by atoms with Crippen LogP contribution in [-0.4, -0.2) is 30.2 Å². The molecule has 0 atom stereocenters. The number of aryl methyl sites for hydroxylation is 1. The number of hydrogen-bond acceptors (Lipinski definition) is 6. The van der Waals surface area contributed by atoms with E-state index in [-0.39, 0.29) is 0 Å². The number of nitrogens with one attached hydrogen (secondary N) is 2. The minimum absolute atomic E-state index is 0.580. The lowest BCUT2D eigenvalue weighted by atomic mass is 10.2. The van der Waals surface area contributed by atoms with E-state index in [1.165, 1.54) is 0 Å². The van der Waals surface area contributed by atoms with Gasteiger partial charge in [0.15, 0.2) is 0 Å². The number of nitrogens with zero attached hydrogens (tertiary/aromatic N) is 2. The molecule has 0 radical (unpaired) electrons. The molecule has 90 valence electrons. The van der Waals surface area contributed by atoms with Gasteiger partial charge in [-0.15, -0.1) is 0 Å². The Morgan fingerprint density at radius 1 is 1.44 bits per heavy atom. The topological polar surface area (TPSA) is 85.1 Å². The zero-order chi connectivity index (χ0) is 11.8. The Morgan fingerprint density at radius 3 is 2.88 bits per heavy atom. The second-order valence-electron chi connectivity index (χ2n) is 3.38. The first-order valence-corrected chi connectivity index (χ1v) is 5.37. The van der Waals surface area contributed by atoms with Gasteiger partial charge in [-0.05, 0) is 6.42 Å². The molecule has 1 heterocycles. The van der Waals surface area contributed by atoms with Crippen molar-refractivity contribution in [1.82, 2.24) is 9.97 Å². The molecule has 4 N–H and O–H groups in total. The molecule has 0 aliphatic heterocycles. The van der Waals surface area contributed by atoms with Crippen LogP contribution >= 0.6 is 0 Å². The highest BCUT2D eigenvalue weighted by Gasteiger charge is 2.02. The number of ether oxygens (including phenoxy) is 1. The van der Waals surface area contributed by atoms with E-state index >= 15 is 0 Å². The van der Waals surface area contributed by atoms with Crippen LogP contribution in [0.15, 0.2) is 6.07 Å². The van der Waals surface area contributed by atoms with Gasteiger partial charge >= 0.3 is 0 Å². The molecule has 0 spiro atoms. The van der Waals surface area contributed by atoms with Gasteiger partial charge in [-0.3, -0.25) is 0 Å². The summed E-state index contributed by atoms with van der Waals surface area (Å²) in [5.41, 5.74) is 3.51. The lowest BCUT2D eigenvalue weighted by molar-refractivity contribution is 0.210. The second kappa shape index (κ2) is 6.97. The molecular weight excluding hydrogens is 206 g/mol. The number of aromatic nitrogens is 2. The molecular formula is C10H19N5O. The molecule has 0 bridgehead atoms. The van der Waals surface area contributed by atoms with Crippen molar-refractivity contribution in [1.29, 1.82) is 0 Å². The van der Waals surface area contributed by atoms with Crippen molar-refractivity contribution in [2.75, 3.05) is 31.0 Å². The van der Waals surface area contributed by atoms with Gasteiger partial charge in [0.05, 0.1) is 6.61 Å². The summed E-state index contributed by atoms with van der Waals surface area (Å²) in [6.07, 6.45) is 1.95. The fourth-order valence-corrected chi connectivity index (χ4v) is 1.30. The van der Waals surface area contributed by atoms with Crippen molar-refractivity contribution < 1.29 is 4.74 Å². The predicted molar refractivity (Wildman–Crippen MR) is 64.2 cm³/mol. The van der Waals surface area contributed by atoms with Gasteiger partial charge in [-0.1, -0.05) is 13.3 Å². The number of anilines is 2. The van der Waals surface area contributed by atoms with Gasteiger partial charge < -0.3 is 15.5 Å². The molecule has 6 nitrogen and oxygen atoms in total. The summed E-state index contributed by atoms with van der Waals surface area (Å²) < 4.78 is 4.94. The van der Waals surface area contributed by atoms with Gasteiger partial charge in [-0.25, -0.2) is 10.8 Å². The number of nitrogens with two attached hydrogens (primary N) is 1. The van der Waals surface area contributed by atoms with Gasteiger partial charge in [-0.2, -0.15) is 4.98 Å². The first-order chi connectivity index (χ1) is 7.80. The zero-order valence-corrected chi connectivity index (χ0v) is 9.79. The van der Waals surface area contributed by atoms with Crippen molar-refractivity contribution in [2.45, 2.75) is 19.8 Å². The van der Waals surface area contributed by atoms with Crippen molar-refractivity contribution in [3.63, 3.8) is 0 Å². The Hall–Kier alpha value is -1.40. The molecule has 0 saturated carbocycles. The maximum atomic E-state index is 5.35. The van der Waals surface area contributed by atoms with Crippen LogP contribution in [0, 0.1) is 0 Å². The molecule has 0 unspecified atom stereocenters. The lowest BCUT2D eigenvalue weighted by Crippen LogP contribution is -2.14. The average Bonchev–Trinajstić information content (AvgIpc) is 2.29. The Bertz CT molecular complexity index is 318. The van der Waals surface area contributed by atoms with E-state index in [0.717, 1.165) is 18.5 Å². The minimum Gasteiger partial charge on any atom is -0.383 e. The lowest BCUT2D eigenvalue weighted by Gasteiger charge is -2.08. The predicted octanol–water partition coefficient (Wildman–Crippen LogP) is 0.773. The van der Waals surface area contributed by atoms with Crippen molar-refractivity contribution >= 4 is 11.8 Å². The van der Waals surface area contributed by atoms with Crippen LogP contribution in [0.4, 0.5) is 11.8 Å². The standard InChI is InChI=1S/C10H19N5O/c1-3-4-8-7-9(15-11)14-10(13-8)12-5-6-16-2/h7H,3-6,11H2,1-2H3,(H2,12,13,14,15). The molecule has 1 aromatic rings. The van der Waals surface area contributed by atoms with Gasteiger partial charge in [0.25, 0.3) is 0 Å². The molecule has 0 saturated heterocycles. The van der Waals surface area contributed by atoms with E-state index in [1.807, 2.05) is 6.07 Å². The fourth-order valence-electron chi connectivity index (χ4n) is 1.30. The van der Waals surface area contributed by atoms with E-state index in [2.05, 4.69) is 27.6 Å². The van der Waals surface area contributed by atoms with Crippen molar-refractivity contribution in [3.8, 4) is 0 Å². The molecule has 6 heteroatoms. The summed E-state index contributed by atoms with van der Waals surface area (Å²) in [6.45, 7) is 3.40. The second-order valence-corrected chi connectivity index (χ2v) is 3.38. The van der Waals surface area contributed by atoms with Crippen molar-refractivity contribution in [3.05, 3.63) is 11.8 Å². The minimum atomic E-state index is 0.580. The highest BCUT2D eigenvalue weighted by atomic mass is 16.5. The average molecular weight is 225 g/mol. The monoisotopic (exact) mass is 225 g/mol. The Kier molecular flexibility index (Phi) is 5.52. The summed E-state index contributed by atoms with van der Waals surface area (Å²) in [6, 6.07) is 1.85. The first kappa shape index (κ1) is 12.7. The highest BCUT2D eigenvalue weighted by molar-refractivity contribution is 5.41. The molecule has 0 aliphatic carbocycles. The highest BCUT2D eigenvalue weighted by Crippen LogP contribution is 2.10. The maximum Gasteiger partial charge on any atom is 0.224 e. The van der Waals surface area contributed by atoms with E-state index in [4.69, 9.17) is 10.6 Å². The van der Waals surface area contributed by atoms with E-state index < -0.39 is 0 Å². The van der Waals surface area contributed by atoms with Crippen LogP contribution in [0.1, 0.15) is 19.0 Å². The largest absolute Gasteiger partial charge is 0.383 e. The van der Waals surface area contributed by atoms with Crippen LogP contribution in [0.25, 0.3) is 0 Å². The molecule has 0 aromatic carbocycles. The maximum absolute atomic E-state index is 5.35. The molecule has 1 rings (SSSR count). The van der Waals surface area contributed by atoms with Crippen LogP contribution < -0.4 is 16.6 Å². The molecule has 0 amide bonds. The van der Waals surface area contributed by atoms with Crippen LogP contribution in [0.5, 0.6) is 0 Å². The van der Waals surface area contributed by atoms with Gasteiger partial charge in [0.2, 0.25) is 5.95 Å². The van der Waals surface area contributed by atoms with E-state index in [0.29, 0.717) is 24.9 Å². The van der Waals surface area contributed by atoms with Crippen LogP contribution in [0.3, 0.4) is 0 Å². The third-order valence-electron chi connectivity index (χ3n) is 2.02. The summed E-state index contributed by atoms with van der Waals surface area (Å²) >= 11 is 0. The molecule has 16 heavy (non-hydrogen) atoms. The normalized spacial score (nSPS) is 10.2. The third kappa shape index (κ3) is 4.00. The van der Waals surface area contributed by atoms with E-state index in [1.54, 1.807) is 7.11 Å². The molecule has 0 fully saturated rings. The van der Waals surface area contributed by atoms with Gasteiger partial charge in [0.1, 0.15) is 5.82 Å². The summed E-state index contributed by atoms with van der Waals surface area (Å²) in [4.78, 5) is 8.56. The quantitative estimate of drug-likeness (QED) is 0.361. The Morgan fingerprint density at radius 2 is 2.25 bits per heavy atom. The third-order valence-corrected chi connectivity index (χ3v) is 2.02. The van der Waals surface area contributed by atoms with Gasteiger partial charge in [0, 0.05) is 25.4 Å². The summed E-state index contributed by atoms with van der Waals surface area (Å²) in [5.74, 6) is 6.55. The van der Waals surface area contributed by atoms with Crippen LogP contribution in [0.2, 0.25) is 0 Å². The summed E-state index contributed by atoms with van der Waals surface area (Å²) in [7, 11) is 1.66. The first-order valence-electron chi connectivity index (χ1n) is 5.37. The smallest absolute Gasteiger partial charge is 0.224 e. The zero-order valence-electron chi connectivity index (χ0n) is 9.79. The molecule has 1 aromatic heterocycles. The van der Waals surface area contributed by atoms with Crippen LogP contribution in [-0.2, 0) is 11.2 Å². The number of rotatable bonds is 7. The number of methoxy groups -OCH3 is 1. The number of nitrogen functional groups attached to an aromatic ring is 1. The van der Waals surface area contributed by atoms with Crippen molar-refractivity contribution in [2.24, 2.45) is 5.84 Å². The molecule has 0 aliphatic rings. The summed E-state index contributed by atoms with van der Waals surface area (Å²) in [5, 5.41) is 3.08. The number of hydrogen-bond donors (Lipinski definition) is 3.